The van der Waals surface area contributed by atoms with Gasteiger partial charge in [-0.25, -0.2) is 17.7 Å². The molecule has 0 aliphatic carbocycles. The fourth-order valence-electron chi connectivity index (χ4n) is 4.79. The summed E-state index contributed by atoms with van der Waals surface area (Å²) in [5, 5.41) is 2.82. The Hall–Kier alpha value is -2.88. The highest BCUT2D eigenvalue weighted by atomic mass is 35.5. The molecular weight excluding hydrogens is 504 g/mol. The summed E-state index contributed by atoms with van der Waals surface area (Å²) in [6.07, 6.45) is 5.74. The predicted octanol–water partition coefficient (Wildman–Crippen LogP) is 4.74. The van der Waals surface area contributed by atoms with Gasteiger partial charge in [-0.15, -0.1) is 17.9 Å². The van der Waals surface area contributed by atoms with Gasteiger partial charge in [0.2, 0.25) is 5.91 Å². The second-order valence-corrected chi connectivity index (χ2v) is 11.7. The van der Waals surface area contributed by atoms with E-state index < -0.39 is 10.0 Å². The van der Waals surface area contributed by atoms with Gasteiger partial charge in [0.1, 0.15) is 6.04 Å². The molecule has 1 fully saturated rings. The summed E-state index contributed by atoms with van der Waals surface area (Å²) in [7, 11) is -3.82. The fourth-order valence-corrected chi connectivity index (χ4v) is 7.25. The first-order valence-electron chi connectivity index (χ1n) is 11.4. The number of anilines is 3. The van der Waals surface area contributed by atoms with Crippen LogP contribution in [0.1, 0.15) is 18.4 Å². The summed E-state index contributed by atoms with van der Waals surface area (Å²) in [6.45, 7) is 5.20. The zero-order valence-corrected chi connectivity index (χ0v) is 21.4. The number of rotatable bonds is 7. The molecule has 2 aliphatic heterocycles. The molecule has 1 atom stereocenters. The maximum Gasteiger partial charge on any atom is 0.266 e. The maximum absolute atomic E-state index is 13.4. The molecule has 0 radical (unpaired) electrons. The van der Waals surface area contributed by atoms with E-state index in [2.05, 4.69) is 16.5 Å². The van der Waals surface area contributed by atoms with Gasteiger partial charge in [0.05, 0.1) is 11.4 Å². The predicted molar refractivity (Wildman–Crippen MR) is 141 cm³/mol. The van der Waals surface area contributed by atoms with Crippen LogP contribution in [-0.2, 0) is 21.2 Å². The van der Waals surface area contributed by atoms with Crippen LogP contribution < -0.4 is 14.1 Å². The van der Waals surface area contributed by atoms with Gasteiger partial charge in [0, 0.05) is 41.1 Å². The van der Waals surface area contributed by atoms with Crippen molar-refractivity contribution in [2.45, 2.75) is 30.2 Å². The Morgan fingerprint density at radius 1 is 1.20 bits per heavy atom. The molecule has 0 N–H and O–H groups in total. The van der Waals surface area contributed by atoms with Gasteiger partial charge in [-0.2, -0.15) is 0 Å². The van der Waals surface area contributed by atoms with Gasteiger partial charge in [0.25, 0.3) is 10.0 Å². The van der Waals surface area contributed by atoms with Gasteiger partial charge in [0.15, 0.2) is 5.13 Å². The summed E-state index contributed by atoms with van der Waals surface area (Å²) in [5.74, 6) is 0.0273. The number of thiazole rings is 1. The maximum atomic E-state index is 13.4. The fraction of sp³-hybridized carbons (Fsp3) is 0.280. The molecule has 1 amide bonds. The van der Waals surface area contributed by atoms with E-state index in [1.54, 1.807) is 40.7 Å². The van der Waals surface area contributed by atoms with Crippen LogP contribution in [0.5, 0.6) is 0 Å². The number of amides is 1. The van der Waals surface area contributed by atoms with Crippen molar-refractivity contribution in [2.75, 3.05) is 33.7 Å². The first-order chi connectivity index (χ1) is 16.9. The summed E-state index contributed by atoms with van der Waals surface area (Å²) in [4.78, 5) is 21.6. The zero-order valence-electron chi connectivity index (χ0n) is 19.0. The summed E-state index contributed by atoms with van der Waals surface area (Å²) >= 11 is 7.43. The molecular formula is C25H25ClN4O3S2. The largest absolute Gasteiger partial charge is 0.359 e. The van der Waals surface area contributed by atoms with E-state index in [-0.39, 0.29) is 23.4 Å². The lowest BCUT2D eigenvalue weighted by Gasteiger charge is -2.35. The number of hydrogen-bond acceptors (Lipinski definition) is 6. The third-order valence-corrected chi connectivity index (χ3v) is 9.33. The lowest BCUT2D eigenvalue weighted by molar-refractivity contribution is -0.118. The molecule has 1 aromatic heterocycles. The molecule has 35 heavy (non-hydrogen) atoms. The summed E-state index contributed by atoms with van der Waals surface area (Å²) in [5.41, 5.74) is 2.94. The SMILES string of the molecule is C=CCN(c1nccs1)S(=O)(=O)c1ccc(N2CC[C@H](N3CCCc4cc(Cl)ccc43)C2=O)cc1. The molecule has 0 unspecified atom stereocenters. The monoisotopic (exact) mass is 528 g/mol. The average molecular weight is 529 g/mol. The number of sulfonamides is 1. The molecule has 1 saturated heterocycles. The van der Waals surface area contributed by atoms with Gasteiger partial charge in [-0.3, -0.25) is 4.79 Å². The van der Waals surface area contributed by atoms with Crippen LogP contribution in [0.25, 0.3) is 0 Å². The number of fused-ring (bicyclic) bond motifs is 1. The highest BCUT2D eigenvalue weighted by Crippen LogP contribution is 2.35. The van der Waals surface area contributed by atoms with E-state index in [0.717, 1.165) is 25.1 Å². The van der Waals surface area contributed by atoms with E-state index in [9.17, 15) is 13.2 Å². The topological polar surface area (TPSA) is 73.8 Å². The van der Waals surface area contributed by atoms with E-state index >= 15 is 0 Å². The summed E-state index contributed by atoms with van der Waals surface area (Å²) < 4.78 is 27.8. The van der Waals surface area contributed by atoms with E-state index in [1.807, 2.05) is 18.2 Å². The minimum Gasteiger partial charge on any atom is -0.359 e. The van der Waals surface area contributed by atoms with Gasteiger partial charge in [-0.1, -0.05) is 17.7 Å². The first kappa shape index (κ1) is 23.8. The van der Waals surface area contributed by atoms with Crippen molar-refractivity contribution in [2.24, 2.45) is 0 Å². The molecule has 2 aromatic carbocycles. The Bertz CT molecular complexity index is 1340. The van der Waals surface area contributed by atoms with Crippen molar-refractivity contribution in [3.63, 3.8) is 0 Å². The number of nitrogens with zero attached hydrogens (tertiary/aromatic N) is 4. The molecule has 0 saturated carbocycles. The van der Waals surface area contributed by atoms with E-state index in [1.165, 1.54) is 27.3 Å². The van der Waals surface area contributed by atoms with Crippen LogP contribution in [0, 0.1) is 0 Å². The quantitative estimate of drug-likeness (QED) is 0.414. The van der Waals surface area contributed by atoms with Gasteiger partial charge >= 0.3 is 0 Å². The Labute approximate surface area is 214 Å². The molecule has 3 aromatic rings. The van der Waals surface area contributed by atoms with Crippen molar-refractivity contribution in [3.8, 4) is 0 Å². The van der Waals surface area contributed by atoms with Crippen molar-refractivity contribution < 1.29 is 13.2 Å². The zero-order chi connectivity index (χ0) is 24.6. The Morgan fingerprint density at radius 2 is 2.00 bits per heavy atom. The molecule has 10 heteroatoms. The first-order valence-corrected chi connectivity index (χ1v) is 14.1. The van der Waals surface area contributed by atoms with E-state index in [0.29, 0.717) is 28.8 Å². The van der Waals surface area contributed by atoms with Gasteiger partial charge < -0.3 is 9.80 Å². The molecule has 182 valence electrons. The number of halogens is 1. The number of carbonyl (C=O) groups excluding carboxylic acids is 1. The number of aromatic nitrogens is 1. The Balaban J connectivity index is 1.36. The third kappa shape index (κ3) is 4.44. The molecule has 5 rings (SSSR count). The minimum atomic E-state index is -3.82. The third-order valence-electron chi connectivity index (χ3n) is 6.41. The van der Waals surface area contributed by atoms with Crippen LogP contribution in [0.3, 0.4) is 0 Å². The molecule has 3 heterocycles. The van der Waals surface area contributed by atoms with Crippen molar-refractivity contribution in [3.05, 3.63) is 77.3 Å². The number of carbonyl (C=O) groups is 1. The molecule has 7 nitrogen and oxygen atoms in total. The number of aryl methyl sites for hydroxylation is 1. The van der Waals surface area contributed by atoms with Crippen LogP contribution >= 0.6 is 22.9 Å². The van der Waals surface area contributed by atoms with Crippen LogP contribution in [0.15, 0.2) is 71.6 Å². The summed E-state index contributed by atoms with van der Waals surface area (Å²) in [6, 6.07) is 12.1. The van der Waals surface area contributed by atoms with Crippen LogP contribution in [-0.4, -0.2) is 45.0 Å². The lowest BCUT2D eigenvalue weighted by atomic mass is 9.99. The lowest BCUT2D eigenvalue weighted by Crippen LogP contribution is -2.44. The molecule has 0 spiro atoms. The van der Waals surface area contributed by atoms with Gasteiger partial charge in [-0.05, 0) is 67.3 Å². The second-order valence-electron chi connectivity index (χ2n) is 8.50. The Morgan fingerprint density at radius 3 is 2.71 bits per heavy atom. The number of benzene rings is 2. The van der Waals surface area contributed by atoms with Crippen molar-refractivity contribution in [1.29, 1.82) is 0 Å². The normalized spacial score (nSPS) is 18.0. The molecule has 0 bridgehead atoms. The minimum absolute atomic E-state index is 0.0273. The Kier molecular flexibility index (Phi) is 6.57. The second kappa shape index (κ2) is 9.64. The van der Waals surface area contributed by atoms with Crippen molar-refractivity contribution >= 4 is 55.4 Å². The van der Waals surface area contributed by atoms with Crippen LogP contribution in [0.4, 0.5) is 16.5 Å². The van der Waals surface area contributed by atoms with E-state index in [4.69, 9.17) is 11.6 Å². The van der Waals surface area contributed by atoms with Crippen molar-refractivity contribution in [1.82, 2.24) is 4.98 Å². The van der Waals surface area contributed by atoms with Crippen LogP contribution in [0.2, 0.25) is 5.02 Å². The number of hydrogen-bond donors (Lipinski definition) is 0. The average Bonchev–Trinajstić information content (AvgIpc) is 3.52. The highest BCUT2D eigenvalue weighted by molar-refractivity contribution is 7.93. The molecule has 2 aliphatic rings. The highest BCUT2D eigenvalue weighted by Gasteiger charge is 2.38. The standard InChI is InChI=1S/C25H25ClN4O3S2/c1-2-13-30(25-27-12-16-34-25)35(32,33)21-8-6-20(7-9-21)28-15-11-23(24(28)31)29-14-3-4-18-17-19(26)5-10-22(18)29/h2,5-10,12,16-17,23H,1,3-4,11,13-15H2/t23-/m0/s1. The smallest absolute Gasteiger partial charge is 0.266 e.